The first-order valence-corrected chi connectivity index (χ1v) is 5.56. The summed E-state index contributed by atoms with van der Waals surface area (Å²) in [6, 6.07) is 4.16. The molecule has 1 unspecified atom stereocenters. The van der Waals surface area contributed by atoms with Gasteiger partial charge in [0.05, 0.1) is 0 Å². The molecule has 2 rings (SSSR count). The van der Waals surface area contributed by atoms with E-state index in [1.54, 1.807) is 0 Å². The van der Waals surface area contributed by atoms with Crippen molar-refractivity contribution in [3.8, 4) is 0 Å². The van der Waals surface area contributed by atoms with Gasteiger partial charge in [-0.25, -0.2) is 4.98 Å². The third-order valence-corrected chi connectivity index (χ3v) is 3.17. The number of hydrogen-bond acceptors (Lipinski definition) is 2. The first-order chi connectivity index (χ1) is 6.79. The van der Waals surface area contributed by atoms with Crippen molar-refractivity contribution >= 4 is 17.4 Å². The van der Waals surface area contributed by atoms with Crippen molar-refractivity contribution in [1.82, 2.24) is 4.98 Å². The van der Waals surface area contributed by atoms with Gasteiger partial charge in [-0.2, -0.15) is 0 Å². The first-order valence-electron chi connectivity index (χ1n) is 5.03. The number of alkyl halides is 1. The third-order valence-electron chi connectivity index (χ3n) is 2.73. The Hall–Kier alpha value is -0.760. The summed E-state index contributed by atoms with van der Waals surface area (Å²) in [5.41, 5.74) is 1.27. The van der Waals surface area contributed by atoms with Gasteiger partial charge in [0.1, 0.15) is 5.82 Å². The number of hydrogen-bond donors (Lipinski definition) is 0. The Morgan fingerprint density at radius 1 is 1.64 bits per heavy atom. The van der Waals surface area contributed by atoms with Crippen LogP contribution in [0.3, 0.4) is 0 Å². The Bertz CT molecular complexity index is 314. The molecule has 1 atom stereocenters. The number of pyridine rings is 1. The summed E-state index contributed by atoms with van der Waals surface area (Å²) in [6.07, 6.45) is 3.07. The lowest BCUT2D eigenvalue weighted by molar-refractivity contribution is 0.666. The van der Waals surface area contributed by atoms with Crippen molar-refractivity contribution in [3.63, 3.8) is 0 Å². The third kappa shape index (κ3) is 2.01. The van der Waals surface area contributed by atoms with Crippen LogP contribution in [0.1, 0.15) is 12.0 Å². The van der Waals surface area contributed by atoms with E-state index in [0.717, 1.165) is 24.8 Å². The second kappa shape index (κ2) is 4.18. The fraction of sp³-hybridized carbons (Fsp3) is 0.545. The molecule has 14 heavy (non-hydrogen) atoms. The number of rotatable bonds is 2. The van der Waals surface area contributed by atoms with Crippen LogP contribution in [0.5, 0.6) is 0 Å². The Morgan fingerprint density at radius 3 is 3.14 bits per heavy atom. The highest BCUT2D eigenvalue weighted by Gasteiger charge is 2.22. The standard InChI is InChI=1S/C11H15ClN2/c1-9-2-4-13-11(6-9)14-5-3-10(7-12)8-14/h2,4,6,10H,3,5,7-8H2,1H3. The van der Waals surface area contributed by atoms with Gasteiger partial charge in [0.2, 0.25) is 0 Å². The molecule has 0 N–H and O–H groups in total. The van der Waals surface area contributed by atoms with E-state index in [-0.39, 0.29) is 0 Å². The minimum atomic E-state index is 0.638. The van der Waals surface area contributed by atoms with Crippen LogP contribution >= 0.6 is 11.6 Å². The van der Waals surface area contributed by atoms with Gasteiger partial charge in [0, 0.05) is 25.2 Å². The van der Waals surface area contributed by atoms with Crippen LogP contribution < -0.4 is 4.90 Å². The minimum absolute atomic E-state index is 0.638. The topological polar surface area (TPSA) is 16.1 Å². The molecule has 1 saturated heterocycles. The molecule has 1 aromatic heterocycles. The Balaban J connectivity index is 2.09. The molecule has 0 bridgehead atoms. The van der Waals surface area contributed by atoms with Crippen molar-refractivity contribution < 1.29 is 0 Å². The van der Waals surface area contributed by atoms with E-state index in [1.165, 1.54) is 12.0 Å². The van der Waals surface area contributed by atoms with Crippen molar-refractivity contribution in [3.05, 3.63) is 23.9 Å². The minimum Gasteiger partial charge on any atom is -0.356 e. The maximum absolute atomic E-state index is 5.84. The summed E-state index contributed by atoms with van der Waals surface area (Å²) >= 11 is 5.84. The zero-order valence-electron chi connectivity index (χ0n) is 8.41. The van der Waals surface area contributed by atoms with Crippen LogP contribution in [-0.2, 0) is 0 Å². The zero-order valence-corrected chi connectivity index (χ0v) is 9.17. The second-order valence-electron chi connectivity index (χ2n) is 3.95. The van der Waals surface area contributed by atoms with Crippen molar-refractivity contribution in [2.45, 2.75) is 13.3 Å². The number of aromatic nitrogens is 1. The SMILES string of the molecule is Cc1ccnc(N2CCC(CCl)C2)c1. The van der Waals surface area contributed by atoms with E-state index >= 15 is 0 Å². The molecule has 1 aromatic rings. The molecule has 0 saturated carbocycles. The Morgan fingerprint density at radius 2 is 2.50 bits per heavy atom. The van der Waals surface area contributed by atoms with Gasteiger partial charge in [-0.3, -0.25) is 0 Å². The predicted molar refractivity (Wildman–Crippen MR) is 60.0 cm³/mol. The van der Waals surface area contributed by atoms with Gasteiger partial charge >= 0.3 is 0 Å². The monoisotopic (exact) mass is 210 g/mol. The molecule has 76 valence electrons. The molecular formula is C11H15ClN2. The summed E-state index contributed by atoms with van der Waals surface area (Å²) in [7, 11) is 0. The zero-order chi connectivity index (χ0) is 9.97. The summed E-state index contributed by atoms with van der Waals surface area (Å²) in [5.74, 6) is 2.50. The largest absolute Gasteiger partial charge is 0.356 e. The van der Waals surface area contributed by atoms with Crippen LogP contribution in [0.25, 0.3) is 0 Å². The lowest BCUT2D eigenvalue weighted by Gasteiger charge is -2.17. The van der Waals surface area contributed by atoms with Gasteiger partial charge in [-0.05, 0) is 37.0 Å². The van der Waals surface area contributed by atoms with Crippen molar-refractivity contribution in [2.24, 2.45) is 5.92 Å². The molecule has 2 nitrogen and oxygen atoms in total. The number of halogens is 1. The highest BCUT2D eigenvalue weighted by molar-refractivity contribution is 6.18. The van der Waals surface area contributed by atoms with Gasteiger partial charge in [0.25, 0.3) is 0 Å². The average Bonchev–Trinajstić information content (AvgIpc) is 2.66. The fourth-order valence-electron chi connectivity index (χ4n) is 1.86. The van der Waals surface area contributed by atoms with Gasteiger partial charge in [-0.1, -0.05) is 0 Å². The average molecular weight is 211 g/mol. The number of anilines is 1. The molecule has 0 spiro atoms. The maximum atomic E-state index is 5.84. The van der Waals surface area contributed by atoms with E-state index < -0.39 is 0 Å². The van der Waals surface area contributed by atoms with E-state index in [4.69, 9.17) is 11.6 Å². The van der Waals surface area contributed by atoms with E-state index in [2.05, 4.69) is 22.9 Å². The first kappa shape index (κ1) is 9.78. The molecule has 1 fully saturated rings. The second-order valence-corrected chi connectivity index (χ2v) is 4.26. The van der Waals surface area contributed by atoms with Crippen LogP contribution in [0.4, 0.5) is 5.82 Å². The smallest absolute Gasteiger partial charge is 0.128 e. The number of aryl methyl sites for hydroxylation is 1. The van der Waals surface area contributed by atoms with Crippen LogP contribution in [0, 0.1) is 12.8 Å². The quantitative estimate of drug-likeness (QED) is 0.698. The van der Waals surface area contributed by atoms with Crippen LogP contribution in [-0.4, -0.2) is 24.0 Å². The van der Waals surface area contributed by atoms with Crippen LogP contribution in [0.15, 0.2) is 18.3 Å². The Kier molecular flexibility index (Phi) is 2.92. The highest BCUT2D eigenvalue weighted by atomic mass is 35.5. The molecule has 0 aliphatic carbocycles. The molecule has 0 amide bonds. The molecule has 3 heteroatoms. The molecule has 0 radical (unpaired) electrons. The maximum Gasteiger partial charge on any atom is 0.128 e. The molecule has 2 heterocycles. The summed E-state index contributed by atoms with van der Waals surface area (Å²) < 4.78 is 0. The summed E-state index contributed by atoms with van der Waals surface area (Å²) in [5, 5.41) is 0. The van der Waals surface area contributed by atoms with E-state index in [0.29, 0.717) is 5.92 Å². The van der Waals surface area contributed by atoms with Crippen molar-refractivity contribution in [1.29, 1.82) is 0 Å². The molecule has 0 aromatic carbocycles. The lowest BCUT2D eigenvalue weighted by Crippen LogP contribution is -2.21. The predicted octanol–water partition coefficient (Wildman–Crippen LogP) is 2.46. The highest BCUT2D eigenvalue weighted by Crippen LogP contribution is 2.23. The van der Waals surface area contributed by atoms with Crippen LogP contribution in [0.2, 0.25) is 0 Å². The molecular weight excluding hydrogens is 196 g/mol. The van der Waals surface area contributed by atoms with E-state index in [9.17, 15) is 0 Å². The van der Waals surface area contributed by atoms with Gasteiger partial charge in [-0.15, -0.1) is 11.6 Å². The number of nitrogens with zero attached hydrogens (tertiary/aromatic N) is 2. The lowest BCUT2D eigenvalue weighted by atomic mass is 10.2. The fourth-order valence-corrected chi connectivity index (χ4v) is 2.11. The van der Waals surface area contributed by atoms with Gasteiger partial charge < -0.3 is 4.90 Å². The van der Waals surface area contributed by atoms with Crippen molar-refractivity contribution in [2.75, 3.05) is 23.9 Å². The van der Waals surface area contributed by atoms with E-state index in [1.807, 2.05) is 12.3 Å². The summed E-state index contributed by atoms with van der Waals surface area (Å²) in [6.45, 7) is 4.24. The normalized spacial score (nSPS) is 21.6. The molecule has 1 aliphatic heterocycles. The van der Waals surface area contributed by atoms with Gasteiger partial charge in [0.15, 0.2) is 0 Å². The molecule has 1 aliphatic rings. The summed E-state index contributed by atoms with van der Waals surface area (Å²) in [4.78, 5) is 6.69. The Labute approximate surface area is 89.9 Å².